The zero-order valence-electron chi connectivity index (χ0n) is 15.0. The summed E-state index contributed by atoms with van der Waals surface area (Å²) in [6.07, 6.45) is 1.71. The normalized spacial score (nSPS) is 14.7. The Morgan fingerprint density at radius 2 is 2.00 bits per heavy atom. The number of hydrogen-bond donors (Lipinski definition) is 1. The summed E-state index contributed by atoms with van der Waals surface area (Å²) in [5, 5.41) is 15.6. The molecule has 1 aliphatic heterocycles. The Balaban J connectivity index is 1.42. The van der Waals surface area contributed by atoms with Gasteiger partial charge in [-0.05, 0) is 31.2 Å². The van der Waals surface area contributed by atoms with E-state index >= 15 is 0 Å². The molecule has 140 valence electrons. The first-order chi connectivity index (χ1) is 13.0. The SMILES string of the molecule is Cc1nn(CC(=O)N2CCN(c3ccc(Cl)c(O)c3)CC2)c2ncccc12. The van der Waals surface area contributed by atoms with Gasteiger partial charge in [0.1, 0.15) is 12.3 Å². The third kappa shape index (κ3) is 3.42. The number of pyridine rings is 1. The Labute approximate surface area is 161 Å². The summed E-state index contributed by atoms with van der Waals surface area (Å²) >= 11 is 5.87. The van der Waals surface area contributed by atoms with Crippen molar-refractivity contribution in [3.05, 3.63) is 47.2 Å². The average molecular weight is 386 g/mol. The van der Waals surface area contributed by atoms with E-state index in [1.54, 1.807) is 23.0 Å². The molecule has 4 rings (SSSR count). The molecule has 1 saturated heterocycles. The highest BCUT2D eigenvalue weighted by atomic mass is 35.5. The number of phenolic OH excluding ortho intramolecular Hbond substituents is 1. The highest BCUT2D eigenvalue weighted by Crippen LogP contribution is 2.28. The topological polar surface area (TPSA) is 74.5 Å². The van der Waals surface area contributed by atoms with Gasteiger partial charge in [-0.1, -0.05) is 11.6 Å². The molecule has 7 nitrogen and oxygen atoms in total. The number of rotatable bonds is 3. The molecule has 1 N–H and O–H groups in total. The summed E-state index contributed by atoms with van der Waals surface area (Å²) in [5.41, 5.74) is 2.51. The lowest BCUT2D eigenvalue weighted by atomic mass is 10.2. The predicted octanol–water partition coefficient (Wildman–Crippen LogP) is 2.45. The van der Waals surface area contributed by atoms with E-state index in [0.29, 0.717) is 31.2 Å². The van der Waals surface area contributed by atoms with Gasteiger partial charge >= 0.3 is 0 Å². The molecule has 1 aliphatic rings. The molecule has 0 unspecified atom stereocenters. The van der Waals surface area contributed by atoms with E-state index in [-0.39, 0.29) is 18.2 Å². The molecule has 3 aromatic rings. The maximum atomic E-state index is 12.7. The van der Waals surface area contributed by atoms with Crippen LogP contribution in [0.2, 0.25) is 5.02 Å². The first-order valence-electron chi connectivity index (χ1n) is 8.82. The molecule has 0 radical (unpaired) electrons. The predicted molar refractivity (Wildman–Crippen MR) is 104 cm³/mol. The quantitative estimate of drug-likeness (QED) is 0.749. The van der Waals surface area contributed by atoms with Crippen molar-refractivity contribution in [1.82, 2.24) is 19.7 Å². The number of anilines is 1. The highest BCUT2D eigenvalue weighted by molar-refractivity contribution is 6.32. The number of nitrogens with zero attached hydrogens (tertiary/aromatic N) is 5. The molecule has 27 heavy (non-hydrogen) atoms. The first kappa shape index (κ1) is 17.6. The molecular formula is C19H20ClN5O2. The van der Waals surface area contributed by atoms with Crippen molar-refractivity contribution in [3.63, 3.8) is 0 Å². The van der Waals surface area contributed by atoms with Gasteiger partial charge in [-0.3, -0.25) is 4.79 Å². The Bertz CT molecular complexity index is 995. The smallest absolute Gasteiger partial charge is 0.244 e. The van der Waals surface area contributed by atoms with Gasteiger partial charge in [-0.15, -0.1) is 0 Å². The monoisotopic (exact) mass is 385 g/mol. The van der Waals surface area contributed by atoms with Gasteiger partial charge in [-0.25, -0.2) is 9.67 Å². The minimum absolute atomic E-state index is 0.0312. The van der Waals surface area contributed by atoms with Crippen molar-refractivity contribution in [2.24, 2.45) is 0 Å². The van der Waals surface area contributed by atoms with Crippen LogP contribution in [-0.2, 0) is 11.3 Å². The van der Waals surface area contributed by atoms with Gasteiger partial charge in [0.15, 0.2) is 5.65 Å². The van der Waals surface area contributed by atoms with E-state index < -0.39 is 0 Å². The number of carbonyl (C=O) groups is 1. The van der Waals surface area contributed by atoms with Crippen LogP contribution in [0.3, 0.4) is 0 Å². The van der Waals surface area contributed by atoms with Crippen molar-refractivity contribution < 1.29 is 9.90 Å². The minimum atomic E-state index is 0.0312. The second-order valence-corrected chi connectivity index (χ2v) is 7.03. The Hall–Kier alpha value is -2.80. The number of fused-ring (bicyclic) bond motifs is 1. The number of aromatic nitrogens is 3. The lowest BCUT2D eigenvalue weighted by molar-refractivity contribution is -0.132. The van der Waals surface area contributed by atoms with Gasteiger partial charge in [0.2, 0.25) is 5.91 Å². The number of amides is 1. The molecule has 0 saturated carbocycles. The summed E-state index contributed by atoms with van der Waals surface area (Å²) in [6.45, 7) is 4.74. The number of benzene rings is 1. The third-order valence-corrected chi connectivity index (χ3v) is 5.22. The Morgan fingerprint density at radius 3 is 2.74 bits per heavy atom. The van der Waals surface area contributed by atoms with Crippen LogP contribution in [-0.4, -0.2) is 56.9 Å². The van der Waals surface area contributed by atoms with Crippen molar-refractivity contribution in [2.75, 3.05) is 31.1 Å². The largest absolute Gasteiger partial charge is 0.506 e. The third-order valence-electron chi connectivity index (χ3n) is 4.90. The number of piperazine rings is 1. The van der Waals surface area contributed by atoms with Crippen LogP contribution in [0, 0.1) is 6.92 Å². The first-order valence-corrected chi connectivity index (χ1v) is 9.20. The van der Waals surface area contributed by atoms with E-state index in [9.17, 15) is 9.90 Å². The Morgan fingerprint density at radius 1 is 1.22 bits per heavy atom. The molecule has 0 spiro atoms. The van der Waals surface area contributed by atoms with Crippen molar-refractivity contribution in [1.29, 1.82) is 0 Å². The summed E-state index contributed by atoms with van der Waals surface area (Å²) in [5.74, 6) is 0.102. The van der Waals surface area contributed by atoms with Crippen LogP contribution in [0.1, 0.15) is 5.69 Å². The van der Waals surface area contributed by atoms with Crippen LogP contribution >= 0.6 is 11.6 Å². The lowest BCUT2D eigenvalue weighted by Gasteiger charge is -2.36. The molecule has 1 fully saturated rings. The van der Waals surface area contributed by atoms with E-state index in [1.165, 1.54) is 0 Å². The maximum absolute atomic E-state index is 12.7. The number of carbonyl (C=O) groups excluding carboxylic acids is 1. The fraction of sp³-hybridized carbons (Fsp3) is 0.316. The van der Waals surface area contributed by atoms with E-state index in [4.69, 9.17) is 11.6 Å². The Kier molecular flexibility index (Phi) is 4.61. The maximum Gasteiger partial charge on any atom is 0.244 e. The number of phenols is 1. The van der Waals surface area contributed by atoms with Crippen LogP contribution in [0.25, 0.3) is 11.0 Å². The van der Waals surface area contributed by atoms with Crippen molar-refractivity contribution in [2.45, 2.75) is 13.5 Å². The van der Waals surface area contributed by atoms with Gasteiger partial charge in [0.05, 0.1) is 10.7 Å². The standard InChI is InChI=1S/C19H20ClN5O2/c1-13-15-3-2-6-21-19(15)25(22-13)12-18(27)24-9-7-23(8-10-24)14-4-5-16(20)17(26)11-14/h2-6,11,26H,7-10,12H2,1H3. The molecule has 3 heterocycles. The number of aryl methyl sites for hydroxylation is 1. The molecule has 8 heteroatoms. The lowest BCUT2D eigenvalue weighted by Crippen LogP contribution is -2.49. The van der Waals surface area contributed by atoms with Crippen LogP contribution < -0.4 is 4.90 Å². The molecule has 0 bridgehead atoms. The molecule has 2 aromatic heterocycles. The molecule has 1 amide bonds. The number of hydrogen-bond acceptors (Lipinski definition) is 5. The molecular weight excluding hydrogens is 366 g/mol. The fourth-order valence-corrected chi connectivity index (χ4v) is 3.54. The van der Waals surface area contributed by atoms with Crippen LogP contribution in [0.5, 0.6) is 5.75 Å². The van der Waals surface area contributed by atoms with E-state index in [2.05, 4.69) is 15.0 Å². The van der Waals surface area contributed by atoms with Crippen molar-refractivity contribution in [3.8, 4) is 5.75 Å². The number of aromatic hydroxyl groups is 1. The van der Waals surface area contributed by atoms with Crippen LogP contribution in [0.15, 0.2) is 36.5 Å². The fourth-order valence-electron chi connectivity index (χ4n) is 3.42. The average Bonchev–Trinajstić information content (AvgIpc) is 3.00. The van der Waals surface area contributed by atoms with Gasteiger partial charge in [-0.2, -0.15) is 5.10 Å². The zero-order chi connectivity index (χ0) is 19.0. The molecule has 0 atom stereocenters. The number of halogens is 1. The molecule has 0 aliphatic carbocycles. The molecule has 1 aromatic carbocycles. The highest BCUT2D eigenvalue weighted by Gasteiger charge is 2.23. The minimum Gasteiger partial charge on any atom is -0.506 e. The zero-order valence-corrected chi connectivity index (χ0v) is 15.7. The summed E-state index contributed by atoms with van der Waals surface area (Å²) in [4.78, 5) is 21.1. The summed E-state index contributed by atoms with van der Waals surface area (Å²) in [6, 6.07) is 9.05. The van der Waals surface area contributed by atoms with E-state index in [0.717, 1.165) is 22.4 Å². The van der Waals surface area contributed by atoms with Gasteiger partial charge < -0.3 is 14.9 Å². The summed E-state index contributed by atoms with van der Waals surface area (Å²) < 4.78 is 1.68. The van der Waals surface area contributed by atoms with Crippen LogP contribution in [0.4, 0.5) is 5.69 Å². The van der Waals surface area contributed by atoms with Gasteiger partial charge in [0.25, 0.3) is 0 Å². The van der Waals surface area contributed by atoms with Gasteiger partial charge in [0, 0.05) is 49.5 Å². The second kappa shape index (κ2) is 7.08. The second-order valence-electron chi connectivity index (χ2n) is 6.62. The van der Waals surface area contributed by atoms with E-state index in [1.807, 2.05) is 30.0 Å². The summed E-state index contributed by atoms with van der Waals surface area (Å²) in [7, 11) is 0. The van der Waals surface area contributed by atoms with Crippen molar-refractivity contribution >= 4 is 34.2 Å².